The second-order valence-corrected chi connectivity index (χ2v) is 6.60. The fraction of sp³-hybridized carbons (Fsp3) is 0.350. The quantitative estimate of drug-likeness (QED) is 0.904. The van der Waals surface area contributed by atoms with Gasteiger partial charge >= 0.3 is 5.97 Å². The lowest BCUT2D eigenvalue weighted by Crippen LogP contribution is -2.48. The molecule has 1 aromatic heterocycles. The molecule has 1 fully saturated rings. The van der Waals surface area contributed by atoms with Gasteiger partial charge in [0.1, 0.15) is 11.6 Å². The van der Waals surface area contributed by atoms with Crippen LogP contribution in [0.15, 0.2) is 29.1 Å². The van der Waals surface area contributed by atoms with Gasteiger partial charge in [-0.2, -0.15) is 0 Å². The van der Waals surface area contributed by atoms with Crippen molar-refractivity contribution in [2.45, 2.75) is 33.1 Å². The summed E-state index contributed by atoms with van der Waals surface area (Å²) in [6, 6.07) is 5.73. The first-order valence-electron chi connectivity index (χ1n) is 8.68. The minimum absolute atomic E-state index is 0.177. The van der Waals surface area contributed by atoms with Crippen molar-refractivity contribution < 1.29 is 14.3 Å². The summed E-state index contributed by atoms with van der Waals surface area (Å²) in [5.74, 6) is -0.708. The molecular weight excluding hydrogens is 335 g/mol. The predicted octanol–water partition coefficient (Wildman–Crippen LogP) is 1.63. The standard InChI is InChI=1S/C20H21FN2O3/c1-3-16-17(4-2)22-18(11-12-9-13(10-12)20(25)26)23(19(16)24)15-7-5-14(21)6-8-15/h3-8,12-13H,9-11H2,1-2H3,(H,25,26). The highest BCUT2D eigenvalue weighted by atomic mass is 19.1. The summed E-state index contributed by atoms with van der Waals surface area (Å²) in [6.07, 6.45) is 5.19. The van der Waals surface area contributed by atoms with Crippen LogP contribution in [0.25, 0.3) is 17.8 Å². The van der Waals surface area contributed by atoms with Gasteiger partial charge in [0.15, 0.2) is 0 Å². The number of carboxylic acids is 1. The van der Waals surface area contributed by atoms with Gasteiger partial charge in [-0.3, -0.25) is 14.2 Å². The van der Waals surface area contributed by atoms with Gasteiger partial charge in [0.05, 0.1) is 22.2 Å². The second kappa shape index (κ2) is 7.23. The van der Waals surface area contributed by atoms with Crippen LogP contribution < -0.4 is 16.1 Å². The molecule has 1 saturated carbocycles. The largest absolute Gasteiger partial charge is 0.481 e. The molecule has 0 aliphatic heterocycles. The van der Waals surface area contributed by atoms with Crippen molar-refractivity contribution in [2.24, 2.45) is 11.8 Å². The van der Waals surface area contributed by atoms with E-state index in [4.69, 9.17) is 5.11 Å². The van der Waals surface area contributed by atoms with Crippen molar-refractivity contribution in [1.82, 2.24) is 9.55 Å². The molecule has 6 heteroatoms. The van der Waals surface area contributed by atoms with E-state index in [9.17, 15) is 14.0 Å². The highest BCUT2D eigenvalue weighted by Crippen LogP contribution is 2.35. The topological polar surface area (TPSA) is 72.2 Å². The molecule has 0 saturated heterocycles. The normalized spacial score (nSPS) is 20.9. The number of nitrogens with zero attached hydrogens (tertiary/aromatic N) is 2. The van der Waals surface area contributed by atoms with E-state index in [1.165, 1.54) is 16.7 Å². The van der Waals surface area contributed by atoms with Gasteiger partial charge in [0.25, 0.3) is 5.56 Å². The molecule has 3 rings (SSSR count). The van der Waals surface area contributed by atoms with Crippen molar-refractivity contribution in [3.05, 3.63) is 56.8 Å². The summed E-state index contributed by atoms with van der Waals surface area (Å²) in [5, 5.41) is 10.2. The molecule has 0 radical (unpaired) electrons. The number of hydrogen-bond donors (Lipinski definition) is 1. The van der Waals surface area contributed by atoms with Crippen LogP contribution in [-0.4, -0.2) is 20.6 Å². The van der Waals surface area contributed by atoms with Gasteiger partial charge in [-0.05, 0) is 56.9 Å². The SMILES string of the molecule is CC=c1nc(CC2CC(C(=O)O)C2)n(-c2ccc(F)cc2)c(=O)c1=CC. The Balaban J connectivity index is 2.10. The number of aromatic nitrogens is 2. The number of hydrogen-bond acceptors (Lipinski definition) is 3. The maximum Gasteiger partial charge on any atom is 0.306 e. The monoisotopic (exact) mass is 356 g/mol. The average molecular weight is 356 g/mol. The van der Waals surface area contributed by atoms with Crippen molar-refractivity contribution in [2.75, 3.05) is 0 Å². The maximum absolute atomic E-state index is 13.3. The van der Waals surface area contributed by atoms with Crippen LogP contribution in [0.1, 0.15) is 32.5 Å². The third-order valence-corrected chi connectivity index (χ3v) is 4.92. The Morgan fingerprint density at radius 1 is 1.27 bits per heavy atom. The highest BCUT2D eigenvalue weighted by molar-refractivity contribution is 5.71. The Hall–Kier alpha value is -2.76. The van der Waals surface area contributed by atoms with Crippen molar-refractivity contribution >= 4 is 18.1 Å². The lowest BCUT2D eigenvalue weighted by atomic mass is 9.73. The van der Waals surface area contributed by atoms with Crippen LogP contribution in [-0.2, 0) is 11.2 Å². The number of halogens is 1. The Bertz CT molecular complexity index is 1000. The van der Waals surface area contributed by atoms with Crippen LogP contribution in [0, 0.1) is 17.7 Å². The summed E-state index contributed by atoms with van der Waals surface area (Å²) in [5.41, 5.74) is 0.352. The molecule has 1 aromatic carbocycles. The van der Waals surface area contributed by atoms with Crippen LogP contribution in [0.4, 0.5) is 4.39 Å². The second-order valence-electron chi connectivity index (χ2n) is 6.60. The van der Waals surface area contributed by atoms with Crippen LogP contribution in [0.3, 0.4) is 0 Å². The third-order valence-electron chi connectivity index (χ3n) is 4.92. The molecule has 2 aromatic rings. The Kier molecular flexibility index (Phi) is 5.02. The van der Waals surface area contributed by atoms with Crippen molar-refractivity contribution in [3.63, 3.8) is 0 Å². The first kappa shape index (κ1) is 18.0. The van der Waals surface area contributed by atoms with Crippen LogP contribution >= 0.6 is 0 Å². The minimum Gasteiger partial charge on any atom is -0.481 e. The zero-order valence-corrected chi connectivity index (χ0v) is 14.8. The van der Waals surface area contributed by atoms with E-state index in [1.54, 1.807) is 31.2 Å². The predicted molar refractivity (Wildman–Crippen MR) is 96.9 cm³/mol. The molecule has 0 unspecified atom stereocenters. The fourth-order valence-electron chi connectivity index (χ4n) is 3.44. The zero-order valence-electron chi connectivity index (χ0n) is 14.8. The Morgan fingerprint density at radius 2 is 1.92 bits per heavy atom. The average Bonchev–Trinajstić information content (AvgIpc) is 2.58. The molecule has 1 aliphatic carbocycles. The molecule has 5 nitrogen and oxygen atoms in total. The Morgan fingerprint density at radius 3 is 2.46 bits per heavy atom. The van der Waals surface area contributed by atoms with Gasteiger partial charge in [-0.15, -0.1) is 0 Å². The molecular formula is C20H21FN2O3. The highest BCUT2D eigenvalue weighted by Gasteiger charge is 2.35. The molecule has 0 bridgehead atoms. The number of carboxylic acid groups (broad SMARTS) is 1. The van der Waals surface area contributed by atoms with Crippen LogP contribution in [0.5, 0.6) is 0 Å². The fourth-order valence-corrected chi connectivity index (χ4v) is 3.44. The van der Waals surface area contributed by atoms with Crippen molar-refractivity contribution in [3.8, 4) is 5.69 Å². The van der Waals surface area contributed by atoms with E-state index >= 15 is 0 Å². The zero-order chi connectivity index (χ0) is 18.8. The van der Waals surface area contributed by atoms with Crippen LogP contribution in [0.2, 0.25) is 0 Å². The lowest BCUT2D eigenvalue weighted by Gasteiger charge is -2.32. The third kappa shape index (κ3) is 3.31. The molecule has 136 valence electrons. The summed E-state index contributed by atoms with van der Waals surface area (Å²) in [6.45, 7) is 3.61. The van der Waals surface area contributed by atoms with Gasteiger partial charge < -0.3 is 5.11 Å². The van der Waals surface area contributed by atoms with Gasteiger partial charge in [0, 0.05) is 6.42 Å². The van der Waals surface area contributed by atoms with Gasteiger partial charge in [0.2, 0.25) is 0 Å². The molecule has 1 N–H and O–H groups in total. The number of carbonyl (C=O) groups is 1. The number of benzene rings is 1. The molecule has 1 aliphatic rings. The summed E-state index contributed by atoms with van der Waals surface area (Å²) in [7, 11) is 0. The lowest BCUT2D eigenvalue weighted by molar-refractivity contribution is -0.146. The number of rotatable bonds is 4. The van der Waals surface area contributed by atoms with E-state index in [0.29, 0.717) is 41.3 Å². The van der Waals surface area contributed by atoms with E-state index in [1.807, 2.05) is 6.92 Å². The number of aliphatic carboxylic acids is 1. The van der Waals surface area contributed by atoms with E-state index < -0.39 is 5.97 Å². The van der Waals surface area contributed by atoms with E-state index in [-0.39, 0.29) is 23.2 Å². The Labute approximate surface area is 150 Å². The molecule has 0 atom stereocenters. The molecule has 1 heterocycles. The van der Waals surface area contributed by atoms with E-state index in [2.05, 4.69) is 4.98 Å². The minimum atomic E-state index is -0.774. The van der Waals surface area contributed by atoms with E-state index in [0.717, 1.165) is 0 Å². The summed E-state index contributed by atoms with van der Waals surface area (Å²) < 4.78 is 14.8. The molecule has 0 spiro atoms. The molecule has 26 heavy (non-hydrogen) atoms. The van der Waals surface area contributed by atoms with Gasteiger partial charge in [-0.1, -0.05) is 12.2 Å². The van der Waals surface area contributed by atoms with Crippen molar-refractivity contribution in [1.29, 1.82) is 0 Å². The first-order valence-corrected chi connectivity index (χ1v) is 8.68. The van der Waals surface area contributed by atoms with Gasteiger partial charge in [-0.25, -0.2) is 9.37 Å². The molecule has 0 amide bonds. The summed E-state index contributed by atoms with van der Waals surface area (Å²) in [4.78, 5) is 28.7. The first-order chi connectivity index (χ1) is 12.4. The smallest absolute Gasteiger partial charge is 0.306 e. The maximum atomic E-state index is 13.3. The summed E-state index contributed by atoms with van der Waals surface area (Å²) >= 11 is 0.